The van der Waals surface area contributed by atoms with Crippen LogP contribution in [0.1, 0.15) is 42.3 Å². The largest absolute Gasteiger partial charge is 0.394 e. The normalized spacial score (nSPS) is 25.7. The Bertz CT molecular complexity index is 1160. The van der Waals surface area contributed by atoms with Crippen LogP contribution < -0.4 is 10.6 Å². The summed E-state index contributed by atoms with van der Waals surface area (Å²) in [5, 5.41) is 40.4. The van der Waals surface area contributed by atoms with Gasteiger partial charge in [-0.1, -0.05) is 12.8 Å². The Morgan fingerprint density at radius 1 is 1.24 bits per heavy atom. The molecule has 1 saturated carbocycles. The van der Waals surface area contributed by atoms with E-state index in [4.69, 9.17) is 4.74 Å². The summed E-state index contributed by atoms with van der Waals surface area (Å²) >= 11 is 0. The Morgan fingerprint density at radius 2 is 2.03 bits per heavy atom. The average molecular weight is 458 g/mol. The highest BCUT2D eigenvalue weighted by Gasteiger charge is 2.44. The highest BCUT2D eigenvalue weighted by Crippen LogP contribution is 2.33. The van der Waals surface area contributed by atoms with Crippen LogP contribution in [0.3, 0.4) is 0 Å². The van der Waals surface area contributed by atoms with E-state index in [1.165, 1.54) is 35.0 Å². The summed E-state index contributed by atoms with van der Waals surface area (Å²) in [5.74, 6) is 0.416. The molecule has 5 rings (SSSR count). The molecule has 13 heteroatoms. The quantitative estimate of drug-likeness (QED) is 0.319. The second-order valence-corrected chi connectivity index (χ2v) is 8.30. The van der Waals surface area contributed by atoms with Crippen LogP contribution in [-0.4, -0.2) is 88.5 Å². The minimum absolute atomic E-state index is 0.201. The van der Waals surface area contributed by atoms with E-state index in [2.05, 4.69) is 30.7 Å². The molecule has 4 heterocycles. The summed E-state index contributed by atoms with van der Waals surface area (Å²) in [4.78, 5) is 25.6. The van der Waals surface area contributed by atoms with Gasteiger partial charge in [-0.15, -0.1) is 0 Å². The Balaban J connectivity index is 1.59. The molecule has 1 unspecified atom stereocenters. The molecular weight excluding hydrogens is 432 g/mol. The van der Waals surface area contributed by atoms with Crippen LogP contribution in [0.15, 0.2) is 18.7 Å². The maximum atomic E-state index is 12.0. The molecule has 3 aromatic rings. The van der Waals surface area contributed by atoms with Crippen LogP contribution in [0.5, 0.6) is 0 Å². The Labute approximate surface area is 188 Å². The standard InChI is InChI=1S/C20H26N8O5/c1-21-18(32)10-6-23-28(7-10)20-25-16(24-11-4-2-3-5-11)13-17(26-20)27(9-22-13)19-15(31)14(30)12(8-29)33-19/h6-7,9,11-12,14-15,19,29-31H,2-5,8H2,1H3,(H,21,32)(H,24,25,26)/t12-,14-,15-,19?/m1/s1. The highest BCUT2D eigenvalue weighted by molar-refractivity contribution is 5.93. The molecule has 5 N–H and O–H groups in total. The molecular formula is C20H26N8O5. The van der Waals surface area contributed by atoms with Crippen LogP contribution >= 0.6 is 0 Å². The minimum Gasteiger partial charge on any atom is -0.394 e. The van der Waals surface area contributed by atoms with Crippen molar-refractivity contribution in [1.29, 1.82) is 0 Å². The summed E-state index contributed by atoms with van der Waals surface area (Å²) in [6.45, 7) is -0.439. The number of hydrogen-bond donors (Lipinski definition) is 5. The fourth-order valence-corrected chi connectivity index (χ4v) is 4.36. The zero-order valence-electron chi connectivity index (χ0n) is 18.0. The lowest BCUT2D eigenvalue weighted by molar-refractivity contribution is -0.0511. The van der Waals surface area contributed by atoms with Crippen molar-refractivity contribution in [2.24, 2.45) is 0 Å². The molecule has 33 heavy (non-hydrogen) atoms. The second-order valence-electron chi connectivity index (χ2n) is 8.30. The number of aromatic nitrogens is 6. The van der Waals surface area contributed by atoms with Crippen molar-refractivity contribution in [3.8, 4) is 5.95 Å². The van der Waals surface area contributed by atoms with Crippen molar-refractivity contribution in [3.05, 3.63) is 24.3 Å². The predicted molar refractivity (Wildman–Crippen MR) is 115 cm³/mol. The van der Waals surface area contributed by atoms with Crippen LogP contribution in [0.4, 0.5) is 5.82 Å². The number of aliphatic hydroxyl groups is 3. The topological polar surface area (TPSA) is 172 Å². The van der Waals surface area contributed by atoms with Gasteiger partial charge in [-0.2, -0.15) is 15.1 Å². The van der Waals surface area contributed by atoms with E-state index < -0.39 is 31.1 Å². The van der Waals surface area contributed by atoms with E-state index in [9.17, 15) is 20.1 Å². The number of anilines is 1. The number of aliphatic hydroxyl groups excluding tert-OH is 3. The first-order valence-electron chi connectivity index (χ1n) is 10.9. The molecule has 0 aromatic carbocycles. The molecule has 4 atom stereocenters. The first-order valence-corrected chi connectivity index (χ1v) is 10.9. The molecule has 1 saturated heterocycles. The first-order chi connectivity index (χ1) is 16.0. The number of carbonyl (C=O) groups excluding carboxylic acids is 1. The van der Waals surface area contributed by atoms with Gasteiger partial charge in [0.1, 0.15) is 18.3 Å². The fraction of sp³-hybridized carbons (Fsp3) is 0.550. The van der Waals surface area contributed by atoms with Gasteiger partial charge in [0.25, 0.3) is 11.9 Å². The molecule has 0 bridgehead atoms. The van der Waals surface area contributed by atoms with Crippen LogP contribution in [-0.2, 0) is 4.74 Å². The third-order valence-corrected chi connectivity index (χ3v) is 6.17. The molecule has 1 amide bonds. The Morgan fingerprint density at radius 3 is 2.73 bits per heavy atom. The number of fused-ring (bicyclic) bond motifs is 1. The molecule has 13 nitrogen and oxygen atoms in total. The third-order valence-electron chi connectivity index (χ3n) is 6.17. The number of rotatable bonds is 6. The molecule has 0 spiro atoms. The van der Waals surface area contributed by atoms with E-state index in [-0.39, 0.29) is 17.9 Å². The zero-order valence-corrected chi connectivity index (χ0v) is 18.0. The molecule has 0 radical (unpaired) electrons. The average Bonchev–Trinajstić information content (AvgIpc) is 3.61. The Hall–Kier alpha value is -3.13. The number of ether oxygens (including phenoxy) is 1. The summed E-state index contributed by atoms with van der Waals surface area (Å²) in [5.41, 5.74) is 1.18. The lowest BCUT2D eigenvalue weighted by Gasteiger charge is -2.18. The van der Waals surface area contributed by atoms with Crippen molar-refractivity contribution in [2.45, 2.75) is 56.3 Å². The number of nitrogens with zero attached hydrogens (tertiary/aromatic N) is 6. The maximum Gasteiger partial charge on any atom is 0.254 e. The van der Waals surface area contributed by atoms with Crippen molar-refractivity contribution < 1.29 is 24.9 Å². The number of amides is 1. The van der Waals surface area contributed by atoms with E-state index in [0.717, 1.165) is 25.7 Å². The fourth-order valence-electron chi connectivity index (χ4n) is 4.36. The summed E-state index contributed by atoms with van der Waals surface area (Å²) < 4.78 is 8.57. The van der Waals surface area contributed by atoms with Gasteiger partial charge in [0.2, 0.25) is 0 Å². The number of carbonyl (C=O) groups is 1. The van der Waals surface area contributed by atoms with Gasteiger partial charge in [-0.25, -0.2) is 9.67 Å². The molecule has 3 aromatic heterocycles. The van der Waals surface area contributed by atoms with Crippen molar-refractivity contribution in [2.75, 3.05) is 19.0 Å². The van der Waals surface area contributed by atoms with Crippen LogP contribution in [0.25, 0.3) is 17.1 Å². The van der Waals surface area contributed by atoms with E-state index in [1.54, 1.807) is 0 Å². The van der Waals surface area contributed by atoms with E-state index >= 15 is 0 Å². The van der Waals surface area contributed by atoms with Gasteiger partial charge in [0, 0.05) is 19.3 Å². The number of nitrogens with one attached hydrogen (secondary N) is 2. The minimum atomic E-state index is -1.28. The maximum absolute atomic E-state index is 12.0. The van der Waals surface area contributed by atoms with Crippen LogP contribution in [0, 0.1) is 0 Å². The van der Waals surface area contributed by atoms with Crippen LogP contribution in [0.2, 0.25) is 0 Å². The second kappa shape index (κ2) is 8.67. The van der Waals surface area contributed by atoms with Gasteiger partial charge in [-0.3, -0.25) is 9.36 Å². The zero-order chi connectivity index (χ0) is 23.1. The van der Waals surface area contributed by atoms with Gasteiger partial charge in [-0.05, 0) is 12.8 Å². The number of imidazole rings is 1. The summed E-state index contributed by atoms with van der Waals surface area (Å²) in [7, 11) is 1.53. The Kier molecular flexibility index (Phi) is 5.70. The molecule has 2 aliphatic rings. The van der Waals surface area contributed by atoms with Crippen molar-refractivity contribution >= 4 is 22.9 Å². The van der Waals surface area contributed by atoms with Crippen molar-refractivity contribution in [3.63, 3.8) is 0 Å². The van der Waals surface area contributed by atoms with Gasteiger partial charge >= 0.3 is 0 Å². The number of hydrogen-bond acceptors (Lipinski definition) is 10. The van der Waals surface area contributed by atoms with E-state index in [1.807, 2.05) is 0 Å². The summed E-state index contributed by atoms with van der Waals surface area (Å²) in [6, 6.07) is 0.245. The van der Waals surface area contributed by atoms with Gasteiger partial charge in [0.05, 0.1) is 24.7 Å². The monoisotopic (exact) mass is 458 g/mol. The third kappa shape index (κ3) is 3.82. The lowest BCUT2D eigenvalue weighted by atomic mass is 10.1. The predicted octanol–water partition coefficient (Wildman–Crippen LogP) is -0.662. The molecule has 1 aliphatic carbocycles. The first kappa shape index (κ1) is 21.7. The summed E-state index contributed by atoms with van der Waals surface area (Å²) in [6.07, 6.45) is 4.22. The molecule has 2 fully saturated rings. The van der Waals surface area contributed by atoms with Gasteiger partial charge in [0.15, 0.2) is 23.2 Å². The SMILES string of the molecule is CNC(=O)c1cnn(-c2nc(NC3CCCC3)c3ncn(C4O[C@H](CO)[C@@H](O)[C@H]4O)c3n2)c1. The highest BCUT2D eigenvalue weighted by atomic mass is 16.6. The van der Waals surface area contributed by atoms with Crippen molar-refractivity contribution in [1.82, 2.24) is 34.6 Å². The van der Waals surface area contributed by atoms with Gasteiger partial charge < -0.3 is 30.7 Å². The van der Waals surface area contributed by atoms with E-state index in [0.29, 0.717) is 22.5 Å². The molecule has 1 aliphatic heterocycles. The smallest absolute Gasteiger partial charge is 0.254 e. The molecule has 176 valence electrons. The lowest BCUT2D eigenvalue weighted by Crippen LogP contribution is -2.33.